The second-order valence-electron chi connectivity index (χ2n) is 3.99. The highest BCUT2D eigenvalue weighted by atomic mass is 35.5. The van der Waals surface area contributed by atoms with E-state index in [1.165, 1.54) is 0 Å². The van der Waals surface area contributed by atoms with Crippen molar-refractivity contribution in [2.75, 3.05) is 6.61 Å². The number of carbonyl (C=O) groups excluding carboxylic acids is 1. The summed E-state index contributed by atoms with van der Waals surface area (Å²) in [6, 6.07) is 13.8. The van der Waals surface area contributed by atoms with Gasteiger partial charge < -0.3 is 4.74 Å². The van der Waals surface area contributed by atoms with Crippen LogP contribution in [0.2, 0.25) is 0 Å². The van der Waals surface area contributed by atoms with E-state index in [-0.39, 0.29) is 11.2 Å². The molecule has 0 spiro atoms. The van der Waals surface area contributed by atoms with Gasteiger partial charge in [-0.15, -0.1) is 0 Å². The molecule has 3 heteroatoms. The molecule has 0 fully saturated rings. The van der Waals surface area contributed by atoms with Gasteiger partial charge in [0.15, 0.2) is 0 Å². The summed E-state index contributed by atoms with van der Waals surface area (Å²) in [5, 5.41) is 1.80. The number of halogens is 1. The molecule has 2 aromatic rings. The van der Waals surface area contributed by atoms with Crippen LogP contribution in [0.15, 0.2) is 42.5 Å². The van der Waals surface area contributed by atoms with Gasteiger partial charge in [-0.05, 0) is 23.1 Å². The number of carbonyl (C=O) groups is 1. The van der Waals surface area contributed by atoms with E-state index >= 15 is 0 Å². The number of rotatable bonds is 4. The van der Waals surface area contributed by atoms with Crippen molar-refractivity contribution in [2.45, 2.75) is 6.92 Å². The standard InChI is InChI=1S/C14H13ClO2/c1-10(14(15)16)9-17-13-8-4-6-11-5-2-3-7-12(11)13/h2-8,10H,9H2,1H3. The Hall–Kier alpha value is -1.54. The smallest absolute Gasteiger partial charge is 0.227 e. The molecule has 0 N–H and O–H groups in total. The van der Waals surface area contributed by atoms with E-state index in [1.807, 2.05) is 42.5 Å². The van der Waals surface area contributed by atoms with Crippen LogP contribution in [0.1, 0.15) is 6.92 Å². The van der Waals surface area contributed by atoms with Crippen molar-refractivity contribution in [3.05, 3.63) is 42.5 Å². The quantitative estimate of drug-likeness (QED) is 0.773. The summed E-state index contributed by atoms with van der Waals surface area (Å²) in [6.07, 6.45) is 0. The highest BCUT2D eigenvalue weighted by Crippen LogP contribution is 2.25. The minimum Gasteiger partial charge on any atom is -0.492 e. The van der Waals surface area contributed by atoms with Crippen molar-refractivity contribution in [1.82, 2.24) is 0 Å². The molecule has 0 radical (unpaired) electrons. The van der Waals surface area contributed by atoms with E-state index < -0.39 is 0 Å². The van der Waals surface area contributed by atoms with Crippen LogP contribution in [0.3, 0.4) is 0 Å². The van der Waals surface area contributed by atoms with Crippen LogP contribution in [0.25, 0.3) is 10.8 Å². The van der Waals surface area contributed by atoms with Gasteiger partial charge in [-0.1, -0.05) is 43.3 Å². The molecule has 2 nitrogen and oxygen atoms in total. The van der Waals surface area contributed by atoms with Crippen molar-refractivity contribution in [3.8, 4) is 5.75 Å². The van der Waals surface area contributed by atoms with Crippen LogP contribution in [0.5, 0.6) is 5.75 Å². The van der Waals surface area contributed by atoms with E-state index in [9.17, 15) is 4.79 Å². The molecule has 0 saturated heterocycles. The molecule has 0 aliphatic carbocycles. The Morgan fingerprint density at radius 1 is 1.24 bits per heavy atom. The second kappa shape index (κ2) is 5.19. The number of fused-ring (bicyclic) bond motifs is 1. The van der Waals surface area contributed by atoms with E-state index in [0.29, 0.717) is 6.61 Å². The van der Waals surface area contributed by atoms with Crippen molar-refractivity contribution in [1.29, 1.82) is 0 Å². The highest BCUT2D eigenvalue weighted by molar-refractivity contribution is 6.63. The van der Waals surface area contributed by atoms with Crippen molar-refractivity contribution in [3.63, 3.8) is 0 Å². The number of ether oxygens (including phenoxy) is 1. The van der Waals surface area contributed by atoms with Gasteiger partial charge in [0.2, 0.25) is 5.24 Å². The van der Waals surface area contributed by atoms with Gasteiger partial charge in [0.05, 0.1) is 12.5 Å². The molecule has 0 aromatic heterocycles. The fourth-order valence-corrected chi connectivity index (χ4v) is 1.66. The Morgan fingerprint density at radius 2 is 1.94 bits per heavy atom. The number of benzene rings is 2. The van der Waals surface area contributed by atoms with Gasteiger partial charge in [0, 0.05) is 5.39 Å². The maximum Gasteiger partial charge on any atom is 0.227 e. The molecule has 0 aliphatic heterocycles. The third-order valence-electron chi connectivity index (χ3n) is 2.63. The van der Waals surface area contributed by atoms with E-state index in [2.05, 4.69) is 0 Å². The monoisotopic (exact) mass is 248 g/mol. The average molecular weight is 249 g/mol. The molecule has 0 bridgehead atoms. The first kappa shape index (κ1) is 11.9. The van der Waals surface area contributed by atoms with Crippen molar-refractivity contribution < 1.29 is 9.53 Å². The normalized spacial score (nSPS) is 12.4. The Morgan fingerprint density at radius 3 is 2.71 bits per heavy atom. The molecular formula is C14H13ClO2. The first-order chi connectivity index (χ1) is 8.18. The molecule has 0 heterocycles. The van der Waals surface area contributed by atoms with Gasteiger partial charge in [0.1, 0.15) is 5.75 Å². The van der Waals surface area contributed by atoms with Crippen LogP contribution in [0, 0.1) is 5.92 Å². The molecule has 0 aliphatic rings. The molecule has 2 aromatic carbocycles. The lowest BCUT2D eigenvalue weighted by Gasteiger charge is -2.11. The van der Waals surface area contributed by atoms with Crippen LogP contribution in [0.4, 0.5) is 0 Å². The van der Waals surface area contributed by atoms with Gasteiger partial charge in [-0.25, -0.2) is 0 Å². The minimum atomic E-state index is -0.370. The Kier molecular flexibility index (Phi) is 3.64. The summed E-state index contributed by atoms with van der Waals surface area (Å²) in [5.74, 6) is 0.489. The summed E-state index contributed by atoms with van der Waals surface area (Å²) in [5.41, 5.74) is 0. The van der Waals surface area contributed by atoms with Crippen molar-refractivity contribution >= 4 is 27.6 Å². The molecule has 2 rings (SSSR count). The maximum absolute atomic E-state index is 10.9. The highest BCUT2D eigenvalue weighted by Gasteiger charge is 2.11. The van der Waals surface area contributed by atoms with Gasteiger partial charge in [-0.2, -0.15) is 0 Å². The molecule has 88 valence electrons. The van der Waals surface area contributed by atoms with E-state index in [1.54, 1.807) is 6.92 Å². The van der Waals surface area contributed by atoms with Crippen LogP contribution in [-0.2, 0) is 4.79 Å². The summed E-state index contributed by atoms with van der Waals surface area (Å²) in [4.78, 5) is 10.9. The first-order valence-corrected chi connectivity index (χ1v) is 5.86. The predicted octanol–water partition coefficient (Wildman–Crippen LogP) is 3.62. The topological polar surface area (TPSA) is 26.3 Å². The maximum atomic E-state index is 10.9. The van der Waals surface area contributed by atoms with E-state index in [4.69, 9.17) is 16.3 Å². The van der Waals surface area contributed by atoms with Crippen LogP contribution < -0.4 is 4.74 Å². The zero-order valence-corrected chi connectivity index (χ0v) is 10.3. The van der Waals surface area contributed by atoms with E-state index in [0.717, 1.165) is 16.5 Å². The Bertz CT molecular complexity index is 531. The lowest BCUT2D eigenvalue weighted by Crippen LogP contribution is -2.14. The van der Waals surface area contributed by atoms with Crippen LogP contribution in [-0.4, -0.2) is 11.8 Å². The largest absolute Gasteiger partial charge is 0.492 e. The zero-order chi connectivity index (χ0) is 12.3. The SMILES string of the molecule is CC(COc1cccc2ccccc12)C(=O)Cl. The number of hydrogen-bond acceptors (Lipinski definition) is 2. The summed E-state index contributed by atoms with van der Waals surface area (Å²) in [7, 11) is 0. The Balaban J connectivity index is 2.21. The molecule has 0 amide bonds. The van der Waals surface area contributed by atoms with Gasteiger partial charge in [-0.3, -0.25) is 4.79 Å². The third kappa shape index (κ3) is 2.77. The van der Waals surface area contributed by atoms with Gasteiger partial charge in [0.25, 0.3) is 0 Å². The lowest BCUT2D eigenvalue weighted by molar-refractivity contribution is -0.115. The van der Waals surface area contributed by atoms with Crippen molar-refractivity contribution in [2.24, 2.45) is 5.92 Å². The predicted molar refractivity (Wildman–Crippen MR) is 69.5 cm³/mol. The fraction of sp³-hybridized carbons (Fsp3) is 0.214. The minimum absolute atomic E-state index is 0.296. The lowest BCUT2D eigenvalue weighted by atomic mass is 10.1. The third-order valence-corrected chi connectivity index (χ3v) is 3.00. The summed E-state index contributed by atoms with van der Waals surface area (Å²) >= 11 is 5.39. The molecule has 17 heavy (non-hydrogen) atoms. The zero-order valence-electron chi connectivity index (χ0n) is 9.52. The summed E-state index contributed by atoms with van der Waals surface area (Å²) < 4.78 is 5.64. The molecule has 1 atom stereocenters. The molecular weight excluding hydrogens is 236 g/mol. The van der Waals surface area contributed by atoms with Gasteiger partial charge >= 0.3 is 0 Å². The molecule has 0 saturated carbocycles. The second-order valence-corrected chi connectivity index (χ2v) is 4.37. The Labute approximate surface area is 105 Å². The average Bonchev–Trinajstić information content (AvgIpc) is 2.35. The summed E-state index contributed by atoms with van der Waals surface area (Å²) in [6.45, 7) is 2.05. The fourth-order valence-electron chi connectivity index (χ4n) is 1.60. The molecule has 1 unspecified atom stereocenters. The number of hydrogen-bond donors (Lipinski definition) is 0. The first-order valence-electron chi connectivity index (χ1n) is 5.48. The van der Waals surface area contributed by atoms with Crippen LogP contribution >= 0.6 is 11.6 Å².